The van der Waals surface area contributed by atoms with Crippen molar-refractivity contribution in [1.82, 2.24) is 10.2 Å². The molecular weight excluding hydrogens is 420 g/mol. The molecule has 0 spiro atoms. The van der Waals surface area contributed by atoms with Gasteiger partial charge in [-0.05, 0) is 49.1 Å². The molecule has 4 atom stereocenters. The molecule has 2 saturated heterocycles. The first-order valence-electron chi connectivity index (χ1n) is 11.4. The highest BCUT2D eigenvalue weighted by Crippen LogP contribution is 2.50. The minimum absolute atomic E-state index is 0.0196. The number of carboxylic acids is 1. The zero-order valence-corrected chi connectivity index (χ0v) is 19.2. The lowest BCUT2D eigenvalue weighted by Crippen LogP contribution is -2.57. The van der Waals surface area contributed by atoms with Crippen LogP contribution in [0.1, 0.15) is 48.1 Å². The molecule has 0 radical (unpaired) electrons. The highest BCUT2D eigenvalue weighted by atomic mass is 16.4. The third-order valence-electron chi connectivity index (χ3n) is 7.05. The Kier molecular flexibility index (Phi) is 6.01. The Morgan fingerprint density at radius 1 is 1.09 bits per heavy atom. The standard InChI is InChI=1S/C26H30N2O5/c1-4-5-12-28-23(30)20-21(24(28)31)26(25(32)33,14-17-8-10-18(29)11-9-17)27-22(20)19-13-15(2)6-7-16(19)3/h6-11,13,20-22,27,29H,4-5,12,14H2,1-3H3,(H,32,33). The van der Waals surface area contributed by atoms with Gasteiger partial charge in [-0.25, -0.2) is 0 Å². The maximum atomic E-state index is 13.6. The number of aryl methyl sites for hydroxylation is 2. The lowest BCUT2D eigenvalue weighted by molar-refractivity contribution is -0.151. The first-order chi connectivity index (χ1) is 15.7. The number of carboxylic acid groups (broad SMARTS) is 1. The largest absolute Gasteiger partial charge is 0.508 e. The van der Waals surface area contributed by atoms with Gasteiger partial charge in [-0.1, -0.05) is 49.2 Å². The number of rotatable bonds is 7. The molecule has 0 bridgehead atoms. The molecule has 4 unspecified atom stereocenters. The normalized spacial score (nSPS) is 26.6. The van der Waals surface area contributed by atoms with Gasteiger partial charge in [0, 0.05) is 19.0 Å². The fourth-order valence-electron chi connectivity index (χ4n) is 5.33. The van der Waals surface area contributed by atoms with E-state index in [1.165, 1.54) is 17.0 Å². The summed E-state index contributed by atoms with van der Waals surface area (Å²) >= 11 is 0. The second-order valence-corrected chi connectivity index (χ2v) is 9.29. The van der Waals surface area contributed by atoms with Crippen LogP contribution in [0.4, 0.5) is 0 Å². The van der Waals surface area contributed by atoms with E-state index in [2.05, 4.69) is 5.32 Å². The van der Waals surface area contributed by atoms with Gasteiger partial charge in [0.15, 0.2) is 0 Å². The Hall–Kier alpha value is -3.19. The molecule has 2 aromatic carbocycles. The summed E-state index contributed by atoms with van der Waals surface area (Å²) in [6, 6.07) is 11.6. The Balaban J connectivity index is 1.85. The van der Waals surface area contributed by atoms with Crippen LogP contribution in [-0.2, 0) is 20.8 Å². The summed E-state index contributed by atoms with van der Waals surface area (Å²) in [5.41, 5.74) is 1.80. The van der Waals surface area contributed by atoms with Crippen LogP contribution in [0.2, 0.25) is 0 Å². The number of aromatic hydroxyl groups is 1. The van der Waals surface area contributed by atoms with Crippen molar-refractivity contribution < 1.29 is 24.6 Å². The third-order valence-corrected chi connectivity index (χ3v) is 7.05. The second-order valence-electron chi connectivity index (χ2n) is 9.29. The molecule has 2 aliphatic heterocycles. The van der Waals surface area contributed by atoms with Gasteiger partial charge in [-0.2, -0.15) is 0 Å². The van der Waals surface area contributed by atoms with E-state index in [1.54, 1.807) is 12.1 Å². The van der Waals surface area contributed by atoms with E-state index in [0.717, 1.165) is 23.1 Å². The van der Waals surface area contributed by atoms with Gasteiger partial charge in [0.2, 0.25) is 11.8 Å². The van der Waals surface area contributed by atoms with Crippen molar-refractivity contribution in [2.75, 3.05) is 6.54 Å². The topological polar surface area (TPSA) is 107 Å². The number of hydrogen-bond acceptors (Lipinski definition) is 5. The first kappa shape index (κ1) is 23.0. The van der Waals surface area contributed by atoms with Gasteiger partial charge in [0.25, 0.3) is 0 Å². The molecule has 3 N–H and O–H groups in total. The fourth-order valence-corrected chi connectivity index (χ4v) is 5.33. The first-order valence-corrected chi connectivity index (χ1v) is 11.4. The predicted molar refractivity (Wildman–Crippen MR) is 123 cm³/mol. The van der Waals surface area contributed by atoms with E-state index < -0.39 is 35.3 Å². The van der Waals surface area contributed by atoms with E-state index in [0.29, 0.717) is 18.5 Å². The summed E-state index contributed by atoms with van der Waals surface area (Å²) in [6.45, 7) is 6.17. The van der Waals surface area contributed by atoms with Crippen LogP contribution < -0.4 is 5.32 Å². The van der Waals surface area contributed by atoms with Crippen molar-refractivity contribution in [3.05, 3.63) is 64.7 Å². The molecule has 7 heteroatoms. The van der Waals surface area contributed by atoms with Gasteiger partial charge >= 0.3 is 5.97 Å². The molecule has 33 heavy (non-hydrogen) atoms. The Bertz CT molecular complexity index is 1100. The van der Waals surface area contributed by atoms with Gasteiger partial charge < -0.3 is 10.2 Å². The van der Waals surface area contributed by atoms with Crippen molar-refractivity contribution in [2.45, 2.75) is 51.6 Å². The summed E-state index contributed by atoms with van der Waals surface area (Å²) in [7, 11) is 0. The van der Waals surface area contributed by atoms with Crippen LogP contribution in [0.25, 0.3) is 0 Å². The van der Waals surface area contributed by atoms with Crippen LogP contribution in [0.3, 0.4) is 0 Å². The monoisotopic (exact) mass is 450 g/mol. The molecule has 2 aromatic rings. The molecule has 4 rings (SSSR count). The number of aliphatic carboxylic acids is 1. The highest BCUT2D eigenvalue weighted by Gasteiger charge is 2.68. The minimum atomic E-state index is -1.64. The Morgan fingerprint density at radius 3 is 2.42 bits per heavy atom. The fraction of sp³-hybridized carbons (Fsp3) is 0.423. The maximum absolute atomic E-state index is 13.6. The number of unbranched alkanes of at least 4 members (excludes halogenated alkanes) is 1. The lowest BCUT2D eigenvalue weighted by Gasteiger charge is -2.31. The van der Waals surface area contributed by atoms with E-state index in [9.17, 15) is 24.6 Å². The van der Waals surface area contributed by atoms with Crippen LogP contribution >= 0.6 is 0 Å². The molecular formula is C26H30N2O5. The molecule has 7 nitrogen and oxygen atoms in total. The number of phenolic OH excluding ortho intramolecular Hbond substituents is 1. The summed E-state index contributed by atoms with van der Waals surface area (Å²) in [5.74, 6) is -3.60. The number of nitrogens with one attached hydrogen (secondary N) is 1. The van der Waals surface area contributed by atoms with Crippen molar-refractivity contribution in [3.63, 3.8) is 0 Å². The summed E-state index contributed by atoms with van der Waals surface area (Å²) in [4.78, 5) is 41.2. The molecule has 0 aliphatic carbocycles. The summed E-state index contributed by atoms with van der Waals surface area (Å²) < 4.78 is 0. The number of carbonyl (C=O) groups is 3. The minimum Gasteiger partial charge on any atom is -0.508 e. The average molecular weight is 451 g/mol. The molecule has 2 fully saturated rings. The Morgan fingerprint density at radius 2 is 1.79 bits per heavy atom. The summed E-state index contributed by atoms with van der Waals surface area (Å²) in [5, 5.41) is 23.4. The highest BCUT2D eigenvalue weighted by molar-refractivity contribution is 6.09. The SMILES string of the molecule is CCCCN1C(=O)C2C(c3cc(C)ccc3C)NC(Cc3ccc(O)cc3)(C(=O)O)C2C1=O. The molecule has 0 saturated carbocycles. The zero-order chi connectivity index (χ0) is 23.9. The van der Waals surface area contributed by atoms with Gasteiger partial charge in [-0.15, -0.1) is 0 Å². The van der Waals surface area contributed by atoms with E-state index in [1.807, 2.05) is 39.0 Å². The van der Waals surface area contributed by atoms with Gasteiger partial charge in [-0.3, -0.25) is 24.6 Å². The smallest absolute Gasteiger partial charge is 0.325 e. The second kappa shape index (κ2) is 8.63. The quantitative estimate of drug-likeness (QED) is 0.560. The maximum Gasteiger partial charge on any atom is 0.325 e. The molecule has 2 heterocycles. The van der Waals surface area contributed by atoms with Gasteiger partial charge in [0.05, 0.1) is 11.8 Å². The van der Waals surface area contributed by atoms with Crippen LogP contribution in [0.15, 0.2) is 42.5 Å². The third kappa shape index (κ3) is 3.80. The number of fused-ring (bicyclic) bond motifs is 1. The average Bonchev–Trinajstić information content (AvgIpc) is 3.24. The van der Waals surface area contributed by atoms with Crippen LogP contribution in [0, 0.1) is 25.7 Å². The molecule has 174 valence electrons. The van der Waals surface area contributed by atoms with Gasteiger partial charge in [0.1, 0.15) is 11.3 Å². The number of benzene rings is 2. The van der Waals surface area contributed by atoms with Crippen LogP contribution in [-0.4, -0.2) is 45.0 Å². The number of nitrogens with zero attached hydrogens (tertiary/aromatic N) is 1. The molecule has 2 amide bonds. The number of amides is 2. The number of likely N-dealkylation sites (tertiary alicyclic amines) is 1. The number of hydrogen-bond donors (Lipinski definition) is 3. The molecule has 2 aliphatic rings. The number of imide groups is 1. The summed E-state index contributed by atoms with van der Waals surface area (Å²) in [6.07, 6.45) is 1.52. The van der Waals surface area contributed by atoms with Crippen LogP contribution in [0.5, 0.6) is 5.75 Å². The van der Waals surface area contributed by atoms with Crippen molar-refractivity contribution in [2.24, 2.45) is 11.8 Å². The van der Waals surface area contributed by atoms with Crippen molar-refractivity contribution >= 4 is 17.8 Å². The van der Waals surface area contributed by atoms with E-state index in [4.69, 9.17) is 0 Å². The van der Waals surface area contributed by atoms with Crippen molar-refractivity contribution in [1.29, 1.82) is 0 Å². The van der Waals surface area contributed by atoms with E-state index >= 15 is 0 Å². The zero-order valence-electron chi connectivity index (χ0n) is 19.2. The lowest BCUT2D eigenvalue weighted by atomic mass is 9.76. The molecule has 0 aromatic heterocycles. The van der Waals surface area contributed by atoms with E-state index in [-0.39, 0.29) is 18.1 Å². The number of phenols is 1. The Labute approximate surface area is 193 Å². The number of carbonyl (C=O) groups excluding carboxylic acids is 2. The van der Waals surface area contributed by atoms with Crippen molar-refractivity contribution in [3.8, 4) is 5.75 Å². The predicted octanol–water partition coefficient (Wildman–Crippen LogP) is 3.12.